The van der Waals surface area contributed by atoms with Gasteiger partial charge < -0.3 is 4.74 Å². The highest BCUT2D eigenvalue weighted by atomic mass is 28.3. The third kappa shape index (κ3) is 3.62. The number of hydrogen-bond donors (Lipinski definition) is 0. The van der Waals surface area contributed by atoms with E-state index in [1.54, 1.807) is 0 Å². The maximum atomic E-state index is 13.5. The van der Waals surface area contributed by atoms with Crippen molar-refractivity contribution < 1.29 is 18.8 Å². The molecule has 0 aliphatic carbocycles. The zero-order chi connectivity index (χ0) is 13.9. The molecule has 0 fully saturated rings. The first-order chi connectivity index (χ1) is 8.22. The average Bonchev–Trinajstić information content (AvgIpc) is 2.24. The van der Waals surface area contributed by atoms with Crippen LogP contribution in [0.5, 0.6) is 0 Å². The SMILES string of the molecule is C[Si](C)(C)COC(=O)c1c(F)cccc1[N+](=O)[O-]. The van der Waals surface area contributed by atoms with Crippen molar-refractivity contribution in [3.63, 3.8) is 0 Å². The number of nitro groups is 1. The largest absolute Gasteiger partial charge is 0.466 e. The van der Waals surface area contributed by atoms with Gasteiger partial charge in [0.25, 0.3) is 5.69 Å². The number of nitro benzene ring substituents is 1. The third-order valence-electron chi connectivity index (χ3n) is 2.03. The Hall–Kier alpha value is -1.76. The molecule has 0 aliphatic heterocycles. The van der Waals surface area contributed by atoms with Crippen molar-refractivity contribution in [1.82, 2.24) is 0 Å². The summed E-state index contributed by atoms with van der Waals surface area (Å²) in [5, 5.41) is 10.7. The minimum atomic E-state index is -1.65. The van der Waals surface area contributed by atoms with E-state index in [0.29, 0.717) is 0 Å². The fraction of sp³-hybridized carbons (Fsp3) is 0.364. The van der Waals surface area contributed by atoms with Gasteiger partial charge in [0.1, 0.15) is 5.82 Å². The summed E-state index contributed by atoms with van der Waals surface area (Å²) >= 11 is 0. The molecule has 0 aliphatic rings. The van der Waals surface area contributed by atoms with Gasteiger partial charge in [0.2, 0.25) is 0 Å². The Morgan fingerprint density at radius 2 is 2.06 bits per heavy atom. The van der Waals surface area contributed by atoms with Crippen LogP contribution in [0.4, 0.5) is 10.1 Å². The molecule has 0 radical (unpaired) electrons. The topological polar surface area (TPSA) is 69.4 Å². The van der Waals surface area contributed by atoms with Gasteiger partial charge in [-0.2, -0.15) is 0 Å². The van der Waals surface area contributed by atoms with Gasteiger partial charge in [0.15, 0.2) is 5.56 Å². The Balaban J connectivity index is 3.02. The van der Waals surface area contributed by atoms with E-state index in [1.807, 2.05) is 19.6 Å². The van der Waals surface area contributed by atoms with Gasteiger partial charge in [-0.3, -0.25) is 10.1 Å². The molecule has 0 atom stereocenters. The van der Waals surface area contributed by atoms with Crippen molar-refractivity contribution in [2.24, 2.45) is 0 Å². The van der Waals surface area contributed by atoms with Crippen LogP contribution in [-0.2, 0) is 4.74 Å². The lowest BCUT2D eigenvalue weighted by Crippen LogP contribution is -2.30. The number of nitrogens with zero attached hydrogens (tertiary/aromatic N) is 1. The quantitative estimate of drug-likeness (QED) is 0.365. The maximum absolute atomic E-state index is 13.5. The second-order valence-corrected chi connectivity index (χ2v) is 10.4. The predicted octanol–water partition coefficient (Wildman–Crippen LogP) is 2.77. The van der Waals surface area contributed by atoms with E-state index in [0.717, 1.165) is 12.1 Å². The van der Waals surface area contributed by atoms with E-state index < -0.39 is 36.0 Å². The third-order valence-corrected chi connectivity index (χ3v) is 3.04. The van der Waals surface area contributed by atoms with E-state index >= 15 is 0 Å². The van der Waals surface area contributed by atoms with E-state index in [4.69, 9.17) is 4.74 Å². The van der Waals surface area contributed by atoms with Crippen LogP contribution in [0.1, 0.15) is 10.4 Å². The van der Waals surface area contributed by atoms with Crippen LogP contribution in [0.25, 0.3) is 0 Å². The summed E-state index contributed by atoms with van der Waals surface area (Å²) in [6.45, 7) is 5.90. The number of hydrogen-bond acceptors (Lipinski definition) is 4. The fourth-order valence-electron chi connectivity index (χ4n) is 1.22. The summed E-state index contributed by atoms with van der Waals surface area (Å²) in [4.78, 5) is 21.6. The number of halogens is 1. The van der Waals surface area contributed by atoms with Crippen LogP contribution in [-0.4, -0.2) is 25.2 Å². The number of benzene rings is 1. The summed E-state index contributed by atoms with van der Waals surface area (Å²) in [5.74, 6) is -1.92. The molecule has 0 N–H and O–H groups in total. The molecular formula is C11H14FNO4Si. The molecular weight excluding hydrogens is 257 g/mol. The number of ether oxygens (including phenoxy) is 1. The fourth-order valence-corrected chi connectivity index (χ4v) is 1.79. The van der Waals surface area contributed by atoms with Gasteiger partial charge in [-0.05, 0) is 6.07 Å². The van der Waals surface area contributed by atoms with Gasteiger partial charge >= 0.3 is 5.97 Å². The molecule has 0 saturated carbocycles. The molecule has 7 heteroatoms. The Morgan fingerprint density at radius 1 is 1.44 bits per heavy atom. The first-order valence-corrected chi connectivity index (χ1v) is 9.03. The van der Waals surface area contributed by atoms with E-state index in [-0.39, 0.29) is 6.23 Å². The van der Waals surface area contributed by atoms with Gasteiger partial charge in [-0.1, -0.05) is 25.7 Å². The van der Waals surface area contributed by atoms with Crippen LogP contribution in [0, 0.1) is 15.9 Å². The molecule has 0 amide bonds. The van der Waals surface area contributed by atoms with Crippen molar-refractivity contribution in [2.75, 3.05) is 6.23 Å². The summed E-state index contributed by atoms with van der Waals surface area (Å²) in [7, 11) is -1.65. The zero-order valence-corrected chi connectivity index (χ0v) is 11.4. The van der Waals surface area contributed by atoms with Crippen LogP contribution >= 0.6 is 0 Å². The van der Waals surface area contributed by atoms with Gasteiger partial charge in [-0.25, -0.2) is 9.18 Å². The molecule has 1 aromatic rings. The summed E-state index contributed by atoms with van der Waals surface area (Å²) in [5.41, 5.74) is -1.18. The second kappa shape index (κ2) is 5.26. The Labute approximate surface area is 105 Å². The van der Waals surface area contributed by atoms with E-state index in [1.165, 1.54) is 6.07 Å². The Morgan fingerprint density at radius 3 is 2.56 bits per heavy atom. The lowest BCUT2D eigenvalue weighted by Gasteiger charge is -2.15. The van der Waals surface area contributed by atoms with Crippen molar-refractivity contribution in [1.29, 1.82) is 0 Å². The van der Waals surface area contributed by atoms with Gasteiger partial charge in [-0.15, -0.1) is 0 Å². The Kier molecular flexibility index (Phi) is 4.18. The summed E-state index contributed by atoms with van der Waals surface area (Å²) < 4.78 is 18.4. The second-order valence-electron chi connectivity index (χ2n) is 5.03. The first-order valence-electron chi connectivity index (χ1n) is 5.32. The van der Waals surface area contributed by atoms with Crippen molar-refractivity contribution in [2.45, 2.75) is 19.6 Å². The molecule has 0 spiro atoms. The molecule has 0 unspecified atom stereocenters. The van der Waals surface area contributed by atoms with Crippen molar-refractivity contribution >= 4 is 19.7 Å². The summed E-state index contributed by atoms with van der Waals surface area (Å²) in [6, 6.07) is 3.26. The van der Waals surface area contributed by atoms with Crippen LogP contribution < -0.4 is 0 Å². The van der Waals surface area contributed by atoms with Gasteiger partial charge in [0.05, 0.1) is 19.2 Å². The van der Waals surface area contributed by atoms with E-state index in [2.05, 4.69) is 0 Å². The van der Waals surface area contributed by atoms with Crippen molar-refractivity contribution in [3.8, 4) is 0 Å². The lowest BCUT2D eigenvalue weighted by atomic mass is 10.1. The molecule has 98 valence electrons. The number of carbonyl (C=O) groups excluding carboxylic acids is 1. The Bertz CT molecular complexity index is 484. The smallest absolute Gasteiger partial charge is 0.347 e. The molecule has 0 saturated heterocycles. The van der Waals surface area contributed by atoms with E-state index in [9.17, 15) is 19.3 Å². The standard InChI is InChI=1S/C11H14FNO4Si/c1-18(2,3)7-17-11(14)10-8(12)5-4-6-9(10)13(15)16/h4-6H,7H2,1-3H3. The molecule has 5 nitrogen and oxygen atoms in total. The minimum absolute atomic E-state index is 0.192. The molecule has 0 aromatic heterocycles. The summed E-state index contributed by atoms with van der Waals surface area (Å²) in [6.07, 6.45) is 0.192. The van der Waals surface area contributed by atoms with Crippen LogP contribution in [0.15, 0.2) is 18.2 Å². The van der Waals surface area contributed by atoms with Crippen LogP contribution in [0.2, 0.25) is 19.6 Å². The normalized spacial score (nSPS) is 11.1. The number of rotatable bonds is 4. The number of esters is 1. The highest BCUT2D eigenvalue weighted by Gasteiger charge is 2.27. The predicted molar refractivity (Wildman–Crippen MR) is 66.7 cm³/mol. The first kappa shape index (κ1) is 14.3. The zero-order valence-electron chi connectivity index (χ0n) is 10.4. The maximum Gasteiger partial charge on any atom is 0.347 e. The van der Waals surface area contributed by atoms with Crippen LogP contribution in [0.3, 0.4) is 0 Å². The minimum Gasteiger partial charge on any atom is -0.466 e. The molecule has 18 heavy (non-hydrogen) atoms. The average molecular weight is 271 g/mol. The monoisotopic (exact) mass is 271 g/mol. The highest BCUT2D eigenvalue weighted by molar-refractivity contribution is 6.76. The molecule has 0 bridgehead atoms. The lowest BCUT2D eigenvalue weighted by molar-refractivity contribution is -0.385. The molecule has 1 rings (SSSR count). The number of carbonyl (C=O) groups is 1. The highest BCUT2D eigenvalue weighted by Crippen LogP contribution is 2.22. The van der Waals surface area contributed by atoms with Crippen molar-refractivity contribution in [3.05, 3.63) is 39.7 Å². The molecule has 1 aromatic carbocycles. The molecule has 0 heterocycles. The van der Waals surface area contributed by atoms with Gasteiger partial charge in [0, 0.05) is 6.07 Å².